The first kappa shape index (κ1) is 11.7. The Morgan fingerprint density at radius 2 is 2.16 bits per heavy atom. The maximum absolute atomic E-state index is 6.40. The zero-order chi connectivity index (χ0) is 13.0. The third-order valence-electron chi connectivity index (χ3n) is 4.50. The molecule has 0 spiro atoms. The summed E-state index contributed by atoms with van der Waals surface area (Å²) in [6, 6.07) is 6.64. The van der Waals surface area contributed by atoms with Crippen LogP contribution in [0, 0.1) is 0 Å². The van der Waals surface area contributed by atoms with Crippen molar-refractivity contribution in [3.05, 3.63) is 29.0 Å². The number of aromatic nitrogens is 2. The number of fused-ring (bicyclic) bond motifs is 1. The van der Waals surface area contributed by atoms with Crippen LogP contribution >= 0.6 is 11.6 Å². The predicted octanol–water partition coefficient (Wildman–Crippen LogP) is 3.45. The van der Waals surface area contributed by atoms with Gasteiger partial charge in [0, 0.05) is 23.0 Å². The number of hydrogen-bond acceptors (Lipinski definition) is 2. The first-order valence-corrected chi connectivity index (χ1v) is 7.48. The van der Waals surface area contributed by atoms with Crippen LogP contribution in [0.5, 0.6) is 0 Å². The van der Waals surface area contributed by atoms with E-state index in [1.807, 2.05) is 12.1 Å². The van der Waals surface area contributed by atoms with E-state index in [-0.39, 0.29) is 5.54 Å². The second kappa shape index (κ2) is 3.97. The summed E-state index contributed by atoms with van der Waals surface area (Å²) < 4.78 is 2.40. The van der Waals surface area contributed by atoms with Crippen molar-refractivity contribution in [1.29, 1.82) is 0 Å². The van der Waals surface area contributed by atoms with E-state index >= 15 is 0 Å². The lowest BCUT2D eigenvalue weighted by Gasteiger charge is -2.37. The fraction of sp³-hybridized carbons (Fsp3) is 0.533. The van der Waals surface area contributed by atoms with Crippen LogP contribution in [0.1, 0.15) is 44.0 Å². The molecule has 4 rings (SSSR count). The van der Waals surface area contributed by atoms with Gasteiger partial charge in [0.15, 0.2) is 0 Å². The lowest BCUT2D eigenvalue weighted by atomic mass is 9.75. The Hall–Kier alpha value is -1.06. The average Bonchev–Trinajstić information content (AvgIpc) is 3.10. The summed E-state index contributed by atoms with van der Waals surface area (Å²) in [6.45, 7) is 0. The van der Waals surface area contributed by atoms with Crippen molar-refractivity contribution in [2.45, 2.75) is 50.1 Å². The van der Waals surface area contributed by atoms with Gasteiger partial charge in [0.25, 0.3) is 0 Å². The largest absolute Gasteiger partial charge is 0.325 e. The summed E-state index contributed by atoms with van der Waals surface area (Å²) in [5, 5.41) is 0.755. The van der Waals surface area contributed by atoms with Crippen molar-refractivity contribution >= 4 is 22.6 Å². The molecular formula is C15H18ClN3. The number of halogens is 1. The molecule has 2 fully saturated rings. The van der Waals surface area contributed by atoms with Crippen LogP contribution < -0.4 is 5.73 Å². The molecule has 4 heteroatoms. The second-order valence-corrected chi connectivity index (χ2v) is 6.59. The van der Waals surface area contributed by atoms with Crippen molar-refractivity contribution in [2.75, 3.05) is 0 Å². The molecule has 2 aliphatic carbocycles. The minimum Gasteiger partial charge on any atom is -0.325 e. The number of benzene rings is 1. The molecule has 2 aliphatic rings. The Bertz CT molecular complexity index is 638. The van der Waals surface area contributed by atoms with Gasteiger partial charge in [0.2, 0.25) is 0 Å². The molecule has 2 aromatic rings. The smallest absolute Gasteiger partial charge is 0.111 e. The monoisotopic (exact) mass is 275 g/mol. The molecule has 0 amide bonds. The van der Waals surface area contributed by atoms with Gasteiger partial charge < -0.3 is 10.3 Å². The molecule has 0 bridgehead atoms. The van der Waals surface area contributed by atoms with Crippen LogP contribution in [0.4, 0.5) is 0 Å². The number of imidazole rings is 1. The van der Waals surface area contributed by atoms with Crippen LogP contribution in [-0.2, 0) is 6.42 Å². The number of rotatable bonds is 3. The van der Waals surface area contributed by atoms with Crippen LogP contribution in [0.25, 0.3) is 11.0 Å². The molecule has 1 aromatic carbocycles. The first-order valence-electron chi connectivity index (χ1n) is 7.10. The maximum atomic E-state index is 6.40. The quantitative estimate of drug-likeness (QED) is 0.932. The van der Waals surface area contributed by atoms with E-state index in [0.29, 0.717) is 6.04 Å². The topological polar surface area (TPSA) is 43.8 Å². The zero-order valence-corrected chi connectivity index (χ0v) is 11.7. The van der Waals surface area contributed by atoms with Crippen LogP contribution in [0.2, 0.25) is 5.02 Å². The van der Waals surface area contributed by atoms with E-state index in [2.05, 4.69) is 10.6 Å². The molecule has 100 valence electrons. The first-order chi connectivity index (χ1) is 9.15. The van der Waals surface area contributed by atoms with Gasteiger partial charge in [-0.05, 0) is 50.3 Å². The minimum atomic E-state index is -0.0161. The highest BCUT2D eigenvalue weighted by Gasteiger charge is 2.36. The van der Waals surface area contributed by atoms with Crippen molar-refractivity contribution in [3.8, 4) is 0 Å². The molecule has 0 aliphatic heterocycles. The van der Waals surface area contributed by atoms with Crippen LogP contribution in [-0.4, -0.2) is 15.1 Å². The van der Waals surface area contributed by atoms with Gasteiger partial charge in [-0.2, -0.15) is 0 Å². The highest BCUT2D eigenvalue weighted by atomic mass is 35.5. The van der Waals surface area contributed by atoms with Gasteiger partial charge in [-0.15, -0.1) is 0 Å². The highest BCUT2D eigenvalue weighted by molar-refractivity contribution is 6.31. The van der Waals surface area contributed by atoms with Crippen molar-refractivity contribution in [3.63, 3.8) is 0 Å². The fourth-order valence-corrected chi connectivity index (χ4v) is 3.28. The maximum Gasteiger partial charge on any atom is 0.111 e. The molecule has 2 saturated carbocycles. The van der Waals surface area contributed by atoms with E-state index < -0.39 is 0 Å². The molecule has 0 unspecified atom stereocenters. The molecule has 0 radical (unpaired) electrons. The zero-order valence-electron chi connectivity index (χ0n) is 10.9. The lowest BCUT2D eigenvalue weighted by Crippen LogP contribution is -2.48. The van der Waals surface area contributed by atoms with Gasteiger partial charge >= 0.3 is 0 Å². The summed E-state index contributed by atoms with van der Waals surface area (Å²) in [5.41, 5.74) is 8.60. The minimum absolute atomic E-state index is 0.0161. The van der Waals surface area contributed by atoms with E-state index in [1.54, 1.807) is 0 Å². The van der Waals surface area contributed by atoms with Crippen molar-refractivity contribution < 1.29 is 0 Å². The third-order valence-corrected chi connectivity index (χ3v) is 4.73. The standard InChI is InChI=1S/C15H18ClN3/c16-10-2-5-13-12(8-10)18-14(19(13)11-3-4-11)9-15(17)6-1-7-15/h2,5,8,11H,1,3-4,6-7,9,17H2. The van der Waals surface area contributed by atoms with Crippen molar-refractivity contribution in [2.24, 2.45) is 5.73 Å². The van der Waals surface area contributed by atoms with Gasteiger partial charge in [0.1, 0.15) is 5.82 Å². The number of nitrogens with two attached hydrogens (primary N) is 1. The summed E-state index contributed by atoms with van der Waals surface area (Å²) in [7, 11) is 0. The molecule has 3 nitrogen and oxygen atoms in total. The molecular weight excluding hydrogens is 258 g/mol. The van der Waals surface area contributed by atoms with E-state index in [1.165, 1.54) is 24.8 Å². The van der Waals surface area contributed by atoms with Crippen LogP contribution in [0.15, 0.2) is 18.2 Å². The molecule has 1 aromatic heterocycles. The summed E-state index contributed by atoms with van der Waals surface area (Å²) in [4.78, 5) is 4.80. The third kappa shape index (κ3) is 1.96. The van der Waals surface area contributed by atoms with Crippen LogP contribution in [0.3, 0.4) is 0 Å². The molecule has 2 N–H and O–H groups in total. The molecule has 1 heterocycles. The van der Waals surface area contributed by atoms with Gasteiger partial charge in [0.05, 0.1) is 11.0 Å². The fourth-order valence-electron chi connectivity index (χ4n) is 3.11. The van der Waals surface area contributed by atoms with Crippen molar-refractivity contribution in [1.82, 2.24) is 9.55 Å². The number of nitrogens with zero attached hydrogens (tertiary/aromatic N) is 2. The lowest BCUT2D eigenvalue weighted by molar-refractivity contribution is 0.241. The normalized spacial score (nSPS) is 21.6. The summed E-state index contributed by atoms with van der Waals surface area (Å²) in [5.74, 6) is 1.15. The Balaban J connectivity index is 1.81. The van der Waals surface area contributed by atoms with E-state index in [4.69, 9.17) is 22.3 Å². The molecule has 19 heavy (non-hydrogen) atoms. The summed E-state index contributed by atoms with van der Waals surface area (Å²) >= 11 is 6.07. The Morgan fingerprint density at radius 1 is 1.37 bits per heavy atom. The molecule has 0 saturated heterocycles. The predicted molar refractivity (Wildman–Crippen MR) is 77.5 cm³/mol. The SMILES string of the molecule is NC1(Cc2nc3cc(Cl)ccc3n2C2CC2)CCC1. The Labute approximate surface area is 117 Å². The molecule has 0 atom stereocenters. The van der Waals surface area contributed by atoms with E-state index in [9.17, 15) is 0 Å². The Morgan fingerprint density at radius 3 is 2.79 bits per heavy atom. The van der Waals surface area contributed by atoms with Gasteiger partial charge in [-0.3, -0.25) is 0 Å². The number of hydrogen-bond donors (Lipinski definition) is 1. The summed E-state index contributed by atoms with van der Waals surface area (Å²) in [6.07, 6.45) is 6.93. The highest BCUT2D eigenvalue weighted by Crippen LogP contribution is 2.41. The van der Waals surface area contributed by atoms with E-state index in [0.717, 1.165) is 35.6 Å². The van der Waals surface area contributed by atoms with Gasteiger partial charge in [-0.1, -0.05) is 11.6 Å². The Kier molecular flexibility index (Phi) is 2.45. The second-order valence-electron chi connectivity index (χ2n) is 6.15. The average molecular weight is 276 g/mol. The van der Waals surface area contributed by atoms with Gasteiger partial charge in [-0.25, -0.2) is 4.98 Å².